The number of hydrogen-bond donors (Lipinski definition) is 4. The highest BCUT2D eigenvalue weighted by Crippen LogP contribution is 2.43. The van der Waals surface area contributed by atoms with Crippen molar-refractivity contribution in [2.75, 3.05) is 6.61 Å². The number of aromatic amines is 1. The van der Waals surface area contributed by atoms with E-state index >= 15 is 0 Å². The zero-order chi connectivity index (χ0) is 21.2. The topological polar surface area (TPSA) is 166 Å². The number of terminal acetylenes is 1. The van der Waals surface area contributed by atoms with Crippen LogP contribution in [0.2, 0.25) is 0 Å². The molecule has 0 spiro atoms. The van der Waals surface area contributed by atoms with Gasteiger partial charge in [0.1, 0.15) is 18.0 Å². The standard InChI is InChI=1S/C17H18N3O8P/c1-2-17(24)14(22)12(27-15(17)20-9-8-13(21)19-16(20)23)10-26-29(18,25)28-11-6-4-3-5-7-11/h1,3-9,12,14-15,22,24H,10H2,(H2,18,25)(H,19,21,23)/t12-,14-,15-,17-,29?/m1/s1. The minimum atomic E-state index is -4.09. The van der Waals surface area contributed by atoms with Gasteiger partial charge in [0.05, 0.1) is 6.61 Å². The van der Waals surface area contributed by atoms with Gasteiger partial charge in [-0.2, -0.15) is 0 Å². The molecule has 0 saturated carbocycles. The Kier molecular flexibility index (Phi) is 5.77. The number of nitrogens with two attached hydrogens (primary N) is 1. The van der Waals surface area contributed by atoms with Gasteiger partial charge in [0.25, 0.3) is 5.56 Å². The average molecular weight is 423 g/mol. The second-order valence-electron chi connectivity index (χ2n) is 6.20. The number of ether oxygens (including phenoxy) is 1. The number of aliphatic hydroxyl groups excluding tert-OH is 1. The van der Waals surface area contributed by atoms with Crippen LogP contribution in [0.4, 0.5) is 0 Å². The Labute approximate surface area is 164 Å². The Hall–Kier alpha value is -2.71. The number of aliphatic hydroxyl groups is 2. The lowest BCUT2D eigenvalue weighted by atomic mass is 9.95. The largest absolute Gasteiger partial charge is 0.456 e. The van der Waals surface area contributed by atoms with Gasteiger partial charge in [-0.1, -0.05) is 24.1 Å². The van der Waals surface area contributed by atoms with Crippen molar-refractivity contribution in [3.63, 3.8) is 0 Å². The molecule has 1 aromatic heterocycles. The van der Waals surface area contributed by atoms with Gasteiger partial charge in [0.2, 0.25) is 0 Å². The fourth-order valence-electron chi connectivity index (χ4n) is 2.78. The van der Waals surface area contributed by atoms with Crippen LogP contribution in [-0.4, -0.2) is 44.2 Å². The maximum atomic E-state index is 12.3. The monoisotopic (exact) mass is 423 g/mol. The molecule has 1 aliphatic rings. The van der Waals surface area contributed by atoms with Crippen molar-refractivity contribution in [3.8, 4) is 18.1 Å². The van der Waals surface area contributed by atoms with Crippen molar-refractivity contribution < 1.29 is 28.6 Å². The number of aromatic nitrogens is 2. The minimum absolute atomic E-state index is 0.198. The molecular weight excluding hydrogens is 405 g/mol. The molecule has 5 N–H and O–H groups in total. The lowest BCUT2D eigenvalue weighted by Crippen LogP contribution is -2.48. The van der Waals surface area contributed by atoms with Crippen LogP contribution in [-0.2, 0) is 13.8 Å². The molecule has 29 heavy (non-hydrogen) atoms. The first-order valence-electron chi connectivity index (χ1n) is 8.29. The van der Waals surface area contributed by atoms with Gasteiger partial charge in [-0.3, -0.25) is 18.9 Å². The number of nitrogens with zero attached hydrogens (tertiary/aromatic N) is 1. The predicted octanol–water partition coefficient (Wildman–Crippen LogP) is -0.678. The third-order valence-electron chi connectivity index (χ3n) is 4.21. The molecule has 0 aliphatic carbocycles. The fourth-order valence-corrected chi connectivity index (χ4v) is 3.60. The molecule has 1 unspecified atom stereocenters. The van der Waals surface area contributed by atoms with Gasteiger partial charge in [-0.15, -0.1) is 6.42 Å². The molecule has 0 radical (unpaired) electrons. The molecule has 1 saturated heterocycles. The van der Waals surface area contributed by atoms with Crippen molar-refractivity contribution >= 4 is 7.75 Å². The highest BCUT2D eigenvalue weighted by molar-refractivity contribution is 7.51. The molecule has 11 nitrogen and oxygen atoms in total. The lowest BCUT2D eigenvalue weighted by molar-refractivity contribution is -0.0756. The van der Waals surface area contributed by atoms with Crippen LogP contribution in [0.3, 0.4) is 0 Å². The van der Waals surface area contributed by atoms with Gasteiger partial charge in [0.15, 0.2) is 11.8 Å². The third kappa shape index (κ3) is 4.33. The number of nitrogens with one attached hydrogen (secondary N) is 1. The van der Waals surface area contributed by atoms with Crippen molar-refractivity contribution in [2.24, 2.45) is 5.50 Å². The van der Waals surface area contributed by atoms with Gasteiger partial charge in [-0.25, -0.2) is 14.9 Å². The van der Waals surface area contributed by atoms with Crippen LogP contribution >= 0.6 is 7.75 Å². The molecule has 1 aliphatic heterocycles. The van der Waals surface area contributed by atoms with E-state index in [1.54, 1.807) is 18.2 Å². The van der Waals surface area contributed by atoms with E-state index in [0.29, 0.717) is 0 Å². The summed E-state index contributed by atoms with van der Waals surface area (Å²) in [5.41, 5.74) is 1.61. The van der Waals surface area contributed by atoms with Crippen molar-refractivity contribution in [3.05, 3.63) is 63.4 Å². The first-order valence-corrected chi connectivity index (χ1v) is 9.90. The summed E-state index contributed by atoms with van der Waals surface area (Å²) in [6.07, 6.45) is 1.81. The Bertz CT molecular complexity index is 1080. The van der Waals surface area contributed by atoms with E-state index in [1.165, 1.54) is 12.1 Å². The van der Waals surface area contributed by atoms with Crippen LogP contribution < -0.4 is 21.3 Å². The molecule has 2 aromatic rings. The van der Waals surface area contributed by atoms with Crippen LogP contribution in [0.25, 0.3) is 0 Å². The van der Waals surface area contributed by atoms with Crippen molar-refractivity contribution in [2.45, 2.75) is 24.0 Å². The predicted molar refractivity (Wildman–Crippen MR) is 99.8 cm³/mol. The summed E-state index contributed by atoms with van der Waals surface area (Å²) in [5, 5.41) is 21.1. The van der Waals surface area contributed by atoms with E-state index in [1.807, 2.05) is 10.9 Å². The summed E-state index contributed by atoms with van der Waals surface area (Å²) >= 11 is 0. The highest BCUT2D eigenvalue weighted by atomic mass is 31.2. The Morgan fingerprint density at radius 3 is 2.66 bits per heavy atom. The van der Waals surface area contributed by atoms with Crippen LogP contribution in [0.5, 0.6) is 5.75 Å². The summed E-state index contributed by atoms with van der Waals surface area (Å²) in [6.45, 7) is -0.569. The van der Waals surface area contributed by atoms with Crippen LogP contribution in [0, 0.1) is 12.3 Å². The van der Waals surface area contributed by atoms with E-state index < -0.39 is 49.6 Å². The molecule has 12 heteroatoms. The van der Waals surface area contributed by atoms with Crippen molar-refractivity contribution in [1.82, 2.24) is 9.55 Å². The Morgan fingerprint density at radius 2 is 2.03 bits per heavy atom. The maximum Gasteiger partial charge on any atom is 0.456 e. The second-order valence-corrected chi connectivity index (χ2v) is 7.72. The molecule has 2 heterocycles. The third-order valence-corrected chi connectivity index (χ3v) is 5.19. The lowest BCUT2D eigenvalue weighted by Gasteiger charge is -2.26. The number of hydrogen-bond acceptors (Lipinski definition) is 8. The SMILES string of the molecule is C#C[C@@]1(O)[C@H](O)[C@@H](COP(N)(=O)Oc2ccccc2)O[C@H]1n1ccc(=O)[nH]c1=O. The molecule has 5 atom stereocenters. The summed E-state index contributed by atoms with van der Waals surface area (Å²) in [5.74, 6) is 2.19. The molecule has 1 aromatic carbocycles. The summed E-state index contributed by atoms with van der Waals surface area (Å²) < 4.78 is 28.8. The van der Waals surface area contributed by atoms with Crippen LogP contribution in [0.15, 0.2) is 52.2 Å². The molecule has 0 bridgehead atoms. The average Bonchev–Trinajstić information content (AvgIpc) is 2.92. The smallest absolute Gasteiger partial charge is 0.413 e. The van der Waals surface area contributed by atoms with E-state index in [2.05, 4.69) is 0 Å². The fraction of sp³-hybridized carbons (Fsp3) is 0.294. The highest BCUT2D eigenvalue weighted by Gasteiger charge is 2.56. The summed E-state index contributed by atoms with van der Waals surface area (Å²) in [7, 11) is -4.09. The zero-order valence-corrected chi connectivity index (χ0v) is 15.8. The number of para-hydroxylation sites is 1. The normalized spacial score (nSPS) is 28.4. The van der Waals surface area contributed by atoms with Gasteiger partial charge in [-0.05, 0) is 12.1 Å². The van der Waals surface area contributed by atoms with Crippen LogP contribution in [0.1, 0.15) is 6.23 Å². The van der Waals surface area contributed by atoms with E-state index in [4.69, 9.17) is 25.7 Å². The Morgan fingerprint density at radius 1 is 1.34 bits per heavy atom. The first-order chi connectivity index (χ1) is 13.7. The zero-order valence-electron chi connectivity index (χ0n) is 14.9. The number of benzene rings is 1. The summed E-state index contributed by atoms with van der Waals surface area (Å²) in [6, 6.07) is 9.04. The number of rotatable bonds is 6. The quantitative estimate of drug-likeness (QED) is 0.348. The Balaban J connectivity index is 1.77. The second kappa shape index (κ2) is 7.96. The van der Waals surface area contributed by atoms with E-state index in [0.717, 1.165) is 16.8 Å². The van der Waals surface area contributed by atoms with E-state index in [-0.39, 0.29) is 5.75 Å². The molecule has 3 rings (SSSR count). The molecule has 154 valence electrons. The van der Waals surface area contributed by atoms with Crippen molar-refractivity contribution in [1.29, 1.82) is 0 Å². The molecular formula is C17H18N3O8P. The number of H-pyrrole nitrogens is 1. The van der Waals surface area contributed by atoms with Gasteiger partial charge < -0.3 is 19.5 Å². The first kappa shape index (κ1) is 21.0. The van der Waals surface area contributed by atoms with E-state index in [9.17, 15) is 24.4 Å². The molecule has 1 fully saturated rings. The van der Waals surface area contributed by atoms with Gasteiger partial charge >= 0.3 is 13.4 Å². The molecule has 0 amide bonds. The summed E-state index contributed by atoms with van der Waals surface area (Å²) in [4.78, 5) is 25.2. The van der Waals surface area contributed by atoms with Gasteiger partial charge in [0, 0.05) is 12.3 Å². The maximum absolute atomic E-state index is 12.3. The minimum Gasteiger partial charge on any atom is -0.413 e.